The molecule has 0 fully saturated rings. The van der Waals surface area contributed by atoms with Crippen molar-refractivity contribution < 1.29 is 9.90 Å². The Kier molecular flexibility index (Phi) is 3.25. The zero-order valence-corrected chi connectivity index (χ0v) is 8.95. The first-order chi connectivity index (χ1) is 8.27. The summed E-state index contributed by atoms with van der Waals surface area (Å²) in [6.45, 7) is 0. The van der Waals surface area contributed by atoms with Gasteiger partial charge in [0.15, 0.2) is 0 Å². The predicted octanol–water partition coefficient (Wildman–Crippen LogP) is 1.99. The number of hydrogen-bond donors (Lipinski definition) is 1. The molecule has 0 saturated heterocycles. The van der Waals surface area contributed by atoms with Crippen LogP contribution in [-0.4, -0.2) is 21.3 Å². The quantitative estimate of drug-likeness (QED) is 0.813. The monoisotopic (exact) mass is 226 g/mol. The molecule has 0 aliphatic carbocycles. The molecule has 0 unspecified atom stereocenters. The van der Waals surface area contributed by atoms with Gasteiger partial charge in [0.25, 0.3) is 0 Å². The van der Waals surface area contributed by atoms with Crippen molar-refractivity contribution in [3.05, 3.63) is 66.0 Å². The van der Waals surface area contributed by atoms with E-state index in [9.17, 15) is 4.79 Å². The topological polar surface area (TPSA) is 63.1 Å². The van der Waals surface area contributed by atoms with Gasteiger partial charge in [-0.15, -0.1) is 0 Å². The van der Waals surface area contributed by atoms with Crippen molar-refractivity contribution >= 4 is 11.5 Å². The summed E-state index contributed by atoms with van der Waals surface area (Å²) in [5.74, 6) is -0.985. The number of hydrogen-bond acceptors (Lipinski definition) is 3. The van der Waals surface area contributed by atoms with Crippen LogP contribution in [0.4, 0.5) is 0 Å². The van der Waals surface area contributed by atoms with Gasteiger partial charge >= 0.3 is 5.97 Å². The van der Waals surface area contributed by atoms with Gasteiger partial charge < -0.3 is 5.11 Å². The van der Waals surface area contributed by atoms with Crippen LogP contribution in [0.15, 0.2) is 54.9 Å². The van der Waals surface area contributed by atoms with Crippen LogP contribution in [0.2, 0.25) is 0 Å². The fourth-order valence-corrected chi connectivity index (χ4v) is 1.52. The molecule has 0 amide bonds. The lowest BCUT2D eigenvalue weighted by atomic mass is 9.99. The molecular formula is C13H10N2O2. The summed E-state index contributed by atoms with van der Waals surface area (Å²) < 4.78 is 0. The van der Waals surface area contributed by atoms with Crippen molar-refractivity contribution in [2.24, 2.45) is 0 Å². The minimum Gasteiger partial charge on any atom is -0.478 e. The van der Waals surface area contributed by atoms with Gasteiger partial charge in [0.2, 0.25) is 0 Å². The molecule has 4 nitrogen and oxygen atoms in total. The molecule has 2 aromatic rings. The summed E-state index contributed by atoms with van der Waals surface area (Å²) in [4.78, 5) is 10.8. The maximum atomic E-state index is 10.8. The van der Waals surface area contributed by atoms with Crippen molar-refractivity contribution in [3.63, 3.8) is 0 Å². The molecule has 0 saturated carbocycles. The molecule has 0 aliphatic rings. The van der Waals surface area contributed by atoms with E-state index in [-0.39, 0.29) is 0 Å². The van der Waals surface area contributed by atoms with E-state index in [2.05, 4.69) is 10.2 Å². The molecule has 4 heteroatoms. The molecule has 84 valence electrons. The van der Waals surface area contributed by atoms with E-state index >= 15 is 0 Å². The van der Waals surface area contributed by atoms with E-state index in [0.29, 0.717) is 5.57 Å². The van der Waals surface area contributed by atoms with Crippen molar-refractivity contribution in [3.8, 4) is 0 Å². The highest BCUT2D eigenvalue weighted by Crippen LogP contribution is 2.21. The zero-order chi connectivity index (χ0) is 12.1. The Morgan fingerprint density at radius 3 is 2.41 bits per heavy atom. The first-order valence-corrected chi connectivity index (χ1v) is 5.04. The van der Waals surface area contributed by atoms with Gasteiger partial charge in [-0.2, -0.15) is 10.2 Å². The molecule has 0 spiro atoms. The highest BCUT2D eigenvalue weighted by Gasteiger charge is 2.06. The number of rotatable bonds is 3. The Morgan fingerprint density at radius 2 is 1.82 bits per heavy atom. The summed E-state index contributed by atoms with van der Waals surface area (Å²) in [6, 6.07) is 11.0. The number of carbonyl (C=O) groups is 1. The van der Waals surface area contributed by atoms with Crippen LogP contribution >= 0.6 is 0 Å². The normalized spacial score (nSPS) is 11.2. The van der Waals surface area contributed by atoms with Crippen LogP contribution in [0.25, 0.3) is 5.57 Å². The molecule has 1 aromatic heterocycles. The van der Waals surface area contributed by atoms with Gasteiger partial charge in [0.1, 0.15) is 0 Å². The molecule has 1 aromatic carbocycles. The maximum absolute atomic E-state index is 10.8. The smallest absolute Gasteiger partial charge is 0.328 e. The summed E-state index contributed by atoms with van der Waals surface area (Å²) in [5, 5.41) is 16.3. The van der Waals surface area contributed by atoms with Crippen LogP contribution < -0.4 is 0 Å². The number of aromatic nitrogens is 2. The summed E-state index contributed by atoms with van der Waals surface area (Å²) >= 11 is 0. The summed E-state index contributed by atoms with van der Waals surface area (Å²) in [5.41, 5.74) is 2.18. The standard InChI is InChI=1S/C13H10N2O2/c16-13(17)8-12(10-4-2-1-3-5-10)11-6-7-14-15-9-11/h1-9H,(H,16,17)/b12-8-. The minimum absolute atomic E-state index is 0.619. The van der Waals surface area contributed by atoms with Gasteiger partial charge in [-0.05, 0) is 17.2 Å². The third-order valence-corrected chi connectivity index (χ3v) is 2.25. The fraction of sp³-hybridized carbons (Fsp3) is 0. The molecule has 2 rings (SSSR count). The largest absolute Gasteiger partial charge is 0.478 e. The number of benzene rings is 1. The van der Waals surface area contributed by atoms with E-state index in [1.807, 2.05) is 30.3 Å². The molecular weight excluding hydrogens is 216 g/mol. The van der Waals surface area contributed by atoms with Crippen LogP contribution in [0.3, 0.4) is 0 Å². The van der Waals surface area contributed by atoms with E-state index in [0.717, 1.165) is 11.1 Å². The molecule has 0 bridgehead atoms. The molecule has 17 heavy (non-hydrogen) atoms. The molecule has 1 N–H and O–H groups in total. The van der Waals surface area contributed by atoms with E-state index in [1.54, 1.807) is 12.3 Å². The average molecular weight is 226 g/mol. The second-order valence-electron chi connectivity index (χ2n) is 3.39. The average Bonchev–Trinajstić information content (AvgIpc) is 2.38. The Hall–Kier alpha value is -2.49. The van der Waals surface area contributed by atoms with E-state index in [1.165, 1.54) is 12.3 Å². The van der Waals surface area contributed by atoms with Gasteiger partial charge in [0, 0.05) is 11.6 Å². The molecule has 0 aliphatic heterocycles. The maximum Gasteiger partial charge on any atom is 0.328 e. The van der Waals surface area contributed by atoms with Crippen LogP contribution in [0, 0.1) is 0 Å². The molecule has 0 radical (unpaired) electrons. The van der Waals surface area contributed by atoms with Gasteiger partial charge in [0.05, 0.1) is 12.4 Å². The lowest BCUT2D eigenvalue weighted by Gasteiger charge is -2.06. The van der Waals surface area contributed by atoms with Crippen molar-refractivity contribution in [2.75, 3.05) is 0 Å². The Bertz CT molecular complexity index is 494. The number of carboxylic acid groups (broad SMARTS) is 1. The highest BCUT2D eigenvalue weighted by molar-refractivity contribution is 5.95. The third kappa shape index (κ3) is 2.75. The highest BCUT2D eigenvalue weighted by atomic mass is 16.4. The number of aliphatic carboxylic acids is 1. The predicted molar refractivity (Wildman–Crippen MR) is 63.2 cm³/mol. The first kappa shape index (κ1) is 11.0. The fourth-order valence-electron chi connectivity index (χ4n) is 1.52. The van der Waals surface area contributed by atoms with Crippen molar-refractivity contribution in [1.29, 1.82) is 0 Å². The third-order valence-electron chi connectivity index (χ3n) is 2.25. The Balaban J connectivity index is 2.51. The van der Waals surface area contributed by atoms with Crippen molar-refractivity contribution in [2.45, 2.75) is 0 Å². The van der Waals surface area contributed by atoms with E-state index < -0.39 is 5.97 Å². The van der Waals surface area contributed by atoms with Gasteiger partial charge in [-0.1, -0.05) is 30.3 Å². The van der Waals surface area contributed by atoms with Crippen LogP contribution in [-0.2, 0) is 4.79 Å². The van der Waals surface area contributed by atoms with Gasteiger partial charge in [-0.3, -0.25) is 0 Å². The lowest BCUT2D eigenvalue weighted by molar-refractivity contribution is -0.131. The van der Waals surface area contributed by atoms with Crippen LogP contribution in [0.1, 0.15) is 11.1 Å². The minimum atomic E-state index is -0.985. The second kappa shape index (κ2) is 5.03. The van der Waals surface area contributed by atoms with Gasteiger partial charge in [-0.25, -0.2) is 4.79 Å². The number of carboxylic acids is 1. The number of nitrogens with zero attached hydrogens (tertiary/aromatic N) is 2. The molecule has 1 heterocycles. The summed E-state index contributed by atoms with van der Waals surface area (Å²) in [6.07, 6.45) is 4.25. The van der Waals surface area contributed by atoms with E-state index in [4.69, 9.17) is 5.11 Å². The van der Waals surface area contributed by atoms with Crippen LogP contribution in [0.5, 0.6) is 0 Å². The Labute approximate surface area is 98.3 Å². The first-order valence-electron chi connectivity index (χ1n) is 5.04. The van der Waals surface area contributed by atoms with Crippen molar-refractivity contribution in [1.82, 2.24) is 10.2 Å². The summed E-state index contributed by atoms with van der Waals surface area (Å²) in [7, 11) is 0. The second-order valence-corrected chi connectivity index (χ2v) is 3.39. The Morgan fingerprint density at radius 1 is 1.06 bits per heavy atom. The lowest BCUT2D eigenvalue weighted by Crippen LogP contribution is -1.95. The SMILES string of the molecule is O=C(O)/C=C(/c1ccccc1)c1ccnnc1. The zero-order valence-electron chi connectivity index (χ0n) is 8.95. The molecule has 0 atom stereocenters.